The number of nitrogens with one attached hydrogen (secondary N) is 1. The number of alkyl carbamates (subject to hydrolysis) is 1. The molecule has 2 rings (SSSR count). The first-order valence-electron chi connectivity index (χ1n) is 5.26. The Kier molecular flexibility index (Phi) is 2.42. The third-order valence-electron chi connectivity index (χ3n) is 3.22. The molecule has 3 nitrogen and oxygen atoms in total. The van der Waals surface area contributed by atoms with E-state index in [-0.39, 0.29) is 6.09 Å². The monoisotopic (exact) mass is 183 g/mol. The van der Waals surface area contributed by atoms with Crippen molar-refractivity contribution in [3.05, 3.63) is 0 Å². The minimum absolute atomic E-state index is 0.234. The molecule has 0 radical (unpaired) electrons. The number of hydrogen-bond donors (Lipinski definition) is 1. The second kappa shape index (κ2) is 3.56. The molecule has 2 unspecified atom stereocenters. The molecule has 3 heteroatoms. The lowest BCUT2D eigenvalue weighted by Crippen LogP contribution is -2.28. The van der Waals surface area contributed by atoms with Crippen LogP contribution in [0.15, 0.2) is 0 Å². The normalized spacial score (nSPS) is 36.2. The Hall–Kier alpha value is -0.730. The van der Waals surface area contributed by atoms with Crippen molar-refractivity contribution in [1.29, 1.82) is 0 Å². The molecule has 0 aromatic carbocycles. The van der Waals surface area contributed by atoms with Gasteiger partial charge in [-0.25, -0.2) is 4.79 Å². The number of hydrogen-bond acceptors (Lipinski definition) is 2. The van der Waals surface area contributed by atoms with Gasteiger partial charge in [-0.15, -0.1) is 0 Å². The van der Waals surface area contributed by atoms with E-state index in [9.17, 15) is 4.79 Å². The first kappa shape index (κ1) is 8.85. The van der Waals surface area contributed by atoms with E-state index in [4.69, 9.17) is 4.74 Å². The quantitative estimate of drug-likeness (QED) is 0.710. The zero-order valence-electron chi connectivity index (χ0n) is 8.08. The summed E-state index contributed by atoms with van der Waals surface area (Å²) >= 11 is 0. The molecule has 13 heavy (non-hydrogen) atoms. The molecule has 2 saturated carbocycles. The summed E-state index contributed by atoms with van der Waals surface area (Å²) in [5, 5.41) is 2.94. The fraction of sp³-hybridized carbons (Fsp3) is 0.900. The van der Waals surface area contributed by atoms with E-state index in [2.05, 4.69) is 5.32 Å². The molecule has 0 heterocycles. The molecule has 2 aliphatic carbocycles. The van der Waals surface area contributed by atoms with Crippen molar-refractivity contribution >= 4 is 6.09 Å². The van der Waals surface area contributed by atoms with Gasteiger partial charge >= 0.3 is 6.09 Å². The lowest BCUT2D eigenvalue weighted by atomic mass is 10.0. The number of carbonyl (C=O) groups is 1. The molecule has 1 amide bonds. The van der Waals surface area contributed by atoms with Crippen LogP contribution in [-0.4, -0.2) is 18.7 Å². The van der Waals surface area contributed by atoms with Gasteiger partial charge in [0, 0.05) is 6.04 Å². The predicted molar refractivity (Wildman–Crippen MR) is 49.4 cm³/mol. The highest BCUT2D eigenvalue weighted by molar-refractivity contribution is 5.68. The maximum absolute atomic E-state index is 11.1. The van der Waals surface area contributed by atoms with Gasteiger partial charge in [0.25, 0.3) is 0 Å². The summed E-state index contributed by atoms with van der Waals surface area (Å²) in [7, 11) is 0. The average Bonchev–Trinajstić information content (AvgIpc) is 2.80. The second-order valence-corrected chi connectivity index (χ2v) is 4.00. The van der Waals surface area contributed by atoms with E-state index in [1.165, 1.54) is 25.7 Å². The maximum atomic E-state index is 11.1. The molecule has 0 aliphatic heterocycles. The Morgan fingerprint density at radius 2 is 2.00 bits per heavy atom. The van der Waals surface area contributed by atoms with Gasteiger partial charge in [-0.3, -0.25) is 0 Å². The van der Waals surface area contributed by atoms with E-state index < -0.39 is 0 Å². The van der Waals surface area contributed by atoms with E-state index in [1.807, 2.05) is 6.92 Å². The molecule has 0 bridgehead atoms. The Bertz CT molecular complexity index is 193. The zero-order valence-corrected chi connectivity index (χ0v) is 8.08. The molecular weight excluding hydrogens is 166 g/mol. The van der Waals surface area contributed by atoms with Crippen molar-refractivity contribution in [1.82, 2.24) is 5.32 Å². The highest BCUT2D eigenvalue weighted by atomic mass is 16.5. The molecule has 0 spiro atoms. The van der Waals surface area contributed by atoms with Crippen LogP contribution in [0.5, 0.6) is 0 Å². The minimum Gasteiger partial charge on any atom is -0.450 e. The topological polar surface area (TPSA) is 38.3 Å². The van der Waals surface area contributed by atoms with Gasteiger partial charge in [0.05, 0.1) is 6.61 Å². The predicted octanol–water partition coefficient (Wildman–Crippen LogP) is 1.92. The number of fused-ring (bicyclic) bond motifs is 1. The Morgan fingerprint density at radius 1 is 1.38 bits per heavy atom. The van der Waals surface area contributed by atoms with Crippen LogP contribution >= 0.6 is 0 Å². The highest BCUT2D eigenvalue weighted by Gasteiger charge is 2.51. The maximum Gasteiger partial charge on any atom is 0.407 e. The van der Waals surface area contributed by atoms with E-state index in [1.54, 1.807) is 0 Å². The zero-order chi connectivity index (χ0) is 9.26. The Labute approximate surface area is 78.8 Å². The third-order valence-corrected chi connectivity index (χ3v) is 3.22. The van der Waals surface area contributed by atoms with Crippen LogP contribution in [0, 0.1) is 11.8 Å². The van der Waals surface area contributed by atoms with Crippen molar-refractivity contribution in [2.45, 2.75) is 38.6 Å². The van der Waals surface area contributed by atoms with Gasteiger partial charge in [0.2, 0.25) is 0 Å². The van der Waals surface area contributed by atoms with Gasteiger partial charge in [-0.05, 0) is 31.6 Å². The molecule has 0 saturated heterocycles. The second-order valence-electron chi connectivity index (χ2n) is 4.00. The molecule has 2 aliphatic rings. The van der Waals surface area contributed by atoms with Crippen molar-refractivity contribution in [3.63, 3.8) is 0 Å². The van der Waals surface area contributed by atoms with Gasteiger partial charge in [-0.1, -0.05) is 12.8 Å². The highest BCUT2D eigenvalue weighted by Crippen LogP contribution is 2.49. The summed E-state index contributed by atoms with van der Waals surface area (Å²) in [5.74, 6) is 1.52. The van der Waals surface area contributed by atoms with Gasteiger partial charge in [0.15, 0.2) is 0 Å². The van der Waals surface area contributed by atoms with Gasteiger partial charge in [0.1, 0.15) is 0 Å². The average molecular weight is 183 g/mol. The van der Waals surface area contributed by atoms with Crippen molar-refractivity contribution in [2.75, 3.05) is 6.61 Å². The Morgan fingerprint density at radius 3 is 2.54 bits per heavy atom. The van der Waals surface area contributed by atoms with Crippen LogP contribution in [-0.2, 0) is 4.74 Å². The minimum atomic E-state index is -0.234. The molecule has 1 N–H and O–H groups in total. The largest absolute Gasteiger partial charge is 0.450 e. The third kappa shape index (κ3) is 1.79. The number of rotatable bonds is 2. The van der Waals surface area contributed by atoms with E-state index in [0.29, 0.717) is 12.6 Å². The summed E-state index contributed by atoms with van der Waals surface area (Å²) in [6.07, 6.45) is 5.02. The van der Waals surface area contributed by atoms with E-state index in [0.717, 1.165) is 11.8 Å². The van der Waals surface area contributed by atoms with Crippen LogP contribution < -0.4 is 5.32 Å². The molecule has 0 aromatic heterocycles. The van der Waals surface area contributed by atoms with Crippen LogP contribution in [0.3, 0.4) is 0 Å². The smallest absolute Gasteiger partial charge is 0.407 e. The van der Waals surface area contributed by atoms with Crippen LogP contribution in [0.1, 0.15) is 32.6 Å². The summed E-state index contributed by atoms with van der Waals surface area (Å²) in [6.45, 7) is 2.30. The fourth-order valence-electron chi connectivity index (χ4n) is 2.52. The van der Waals surface area contributed by atoms with Crippen LogP contribution in [0.2, 0.25) is 0 Å². The summed E-state index contributed by atoms with van der Waals surface area (Å²) < 4.78 is 4.85. The number of ether oxygens (including phenoxy) is 1. The van der Waals surface area contributed by atoms with Crippen LogP contribution in [0.25, 0.3) is 0 Å². The van der Waals surface area contributed by atoms with Crippen LogP contribution in [0.4, 0.5) is 4.79 Å². The van der Waals surface area contributed by atoms with Gasteiger partial charge < -0.3 is 10.1 Å². The fourth-order valence-corrected chi connectivity index (χ4v) is 2.52. The first-order chi connectivity index (χ1) is 6.33. The standard InChI is InChI=1S/C10H17NO2/c1-2-13-10(12)11-9-7-5-3-4-6-8(7)9/h7-9H,2-6H2,1H3,(H,11,12). The molecule has 74 valence electrons. The molecule has 2 atom stereocenters. The lowest BCUT2D eigenvalue weighted by Gasteiger charge is -2.04. The molecular formula is C10H17NO2. The van der Waals surface area contributed by atoms with E-state index >= 15 is 0 Å². The molecule has 2 fully saturated rings. The molecule has 0 aromatic rings. The lowest BCUT2D eigenvalue weighted by molar-refractivity contribution is 0.151. The number of amides is 1. The summed E-state index contributed by atoms with van der Waals surface area (Å²) in [5.41, 5.74) is 0. The van der Waals surface area contributed by atoms with Crippen molar-refractivity contribution < 1.29 is 9.53 Å². The summed E-state index contributed by atoms with van der Waals surface area (Å²) in [4.78, 5) is 11.1. The van der Waals surface area contributed by atoms with Crippen molar-refractivity contribution in [2.24, 2.45) is 11.8 Å². The first-order valence-corrected chi connectivity index (χ1v) is 5.26. The Balaban J connectivity index is 1.75. The SMILES string of the molecule is CCOC(=O)NC1C2CCCCC21. The summed E-state index contributed by atoms with van der Waals surface area (Å²) in [6, 6.07) is 0.432. The van der Waals surface area contributed by atoms with Crippen molar-refractivity contribution in [3.8, 4) is 0 Å². The van der Waals surface area contributed by atoms with Gasteiger partial charge in [-0.2, -0.15) is 0 Å². The number of carbonyl (C=O) groups excluding carboxylic acids is 1.